The highest BCUT2D eigenvalue weighted by Gasteiger charge is 2.23. The van der Waals surface area contributed by atoms with Gasteiger partial charge in [0.05, 0.1) is 5.69 Å². The lowest BCUT2D eigenvalue weighted by Crippen LogP contribution is -2.02. The van der Waals surface area contributed by atoms with Gasteiger partial charge in [-0.2, -0.15) is 0 Å². The fourth-order valence-corrected chi connectivity index (χ4v) is 1.73. The molecular formula is C9H11NO. The Balaban J connectivity index is 2.67. The van der Waals surface area contributed by atoms with Gasteiger partial charge in [0.15, 0.2) is 5.78 Å². The summed E-state index contributed by atoms with van der Waals surface area (Å²) in [6, 6.07) is 2.11. The summed E-state index contributed by atoms with van der Waals surface area (Å²) in [5, 5.41) is 0. The summed E-state index contributed by atoms with van der Waals surface area (Å²) in [4.78, 5) is 11.3. The van der Waals surface area contributed by atoms with E-state index in [1.165, 1.54) is 11.3 Å². The Morgan fingerprint density at radius 3 is 2.82 bits per heavy atom. The molecule has 2 rings (SSSR count). The molecule has 1 aromatic heterocycles. The molecule has 0 aromatic carbocycles. The first kappa shape index (κ1) is 6.65. The van der Waals surface area contributed by atoms with Gasteiger partial charge in [-0.1, -0.05) is 0 Å². The van der Waals surface area contributed by atoms with Gasteiger partial charge < -0.3 is 4.57 Å². The highest BCUT2D eigenvalue weighted by atomic mass is 16.1. The Morgan fingerprint density at radius 2 is 2.18 bits per heavy atom. The minimum absolute atomic E-state index is 0.301. The summed E-state index contributed by atoms with van der Waals surface area (Å²) >= 11 is 0. The van der Waals surface area contributed by atoms with Gasteiger partial charge in [0, 0.05) is 19.2 Å². The van der Waals surface area contributed by atoms with Crippen LogP contribution in [0.4, 0.5) is 0 Å². The number of nitrogens with zero attached hydrogens (tertiary/aromatic N) is 1. The van der Waals surface area contributed by atoms with Crippen molar-refractivity contribution in [3.05, 3.63) is 23.0 Å². The van der Waals surface area contributed by atoms with Gasteiger partial charge in [-0.15, -0.1) is 0 Å². The molecule has 0 unspecified atom stereocenters. The predicted molar refractivity (Wildman–Crippen MR) is 42.8 cm³/mol. The third-order valence-electron chi connectivity index (χ3n) is 2.44. The van der Waals surface area contributed by atoms with Crippen molar-refractivity contribution in [2.75, 3.05) is 0 Å². The van der Waals surface area contributed by atoms with Gasteiger partial charge in [0.2, 0.25) is 0 Å². The molecule has 0 saturated heterocycles. The van der Waals surface area contributed by atoms with Crippen LogP contribution in [0.2, 0.25) is 0 Å². The summed E-state index contributed by atoms with van der Waals surface area (Å²) in [6.45, 7) is 2.03. The summed E-state index contributed by atoms with van der Waals surface area (Å²) in [5.74, 6) is 0.301. The van der Waals surface area contributed by atoms with Crippen LogP contribution >= 0.6 is 0 Å². The number of hydrogen-bond donors (Lipinski definition) is 0. The topological polar surface area (TPSA) is 22.0 Å². The van der Waals surface area contributed by atoms with Crippen LogP contribution in [0.1, 0.15) is 28.2 Å². The van der Waals surface area contributed by atoms with E-state index >= 15 is 0 Å². The normalized spacial score (nSPS) is 15.6. The van der Waals surface area contributed by atoms with E-state index in [-0.39, 0.29) is 0 Å². The smallest absolute Gasteiger partial charge is 0.179 e. The van der Waals surface area contributed by atoms with E-state index in [2.05, 4.69) is 6.07 Å². The van der Waals surface area contributed by atoms with Gasteiger partial charge in [0.25, 0.3) is 0 Å². The summed E-state index contributed by atoms with van der Waals surface area (Å²) in [6.07, 6.45) is 1.65. The Morgan fingerprint density at radius 1 is 1.45 bits per heavy atom. The fourth-order valence-electron chi connectivity index (χ4n) is 1.73. The maximum atomic E-state index is 11.3. The zero-order valence-electron chi connectivity index (χ0n) is 6.85. The first-order valence-electron chi connectivity index (χ1n) is 3.88. The Hall–Kier alpha value is -1.05. The van der Waals surface area contributed by atoms with E-state index in [4.69, 9.17) is 0 Å². The third-order valence-corrected chi connectivity index (χ3v) is 2.44. The molecule has 0 bridgehead atoms. The second kappa shape index (κ2) is 1.97. The summed E-state index contributed by atoms with van der Waals surface area (Å²) < 4.78 is 1.99. The summed E-state index contributed by atoms with van der Waals surface area (Å²) in [5.41, 5.74) is 3.35. The zero-order chi connectivity index (χ0) is 8.01. The molecule has 0 radical (unpaired) electrons. The lowest BCUT2D eigenvalue weighted by molar-refractivity contribution is 0.0987. The van der Waals surface area contributed by atoms with E-state index in [9.17, 15) is 4.79 Å². The summed E-state index contributed by atoms with van der Waals surface area (Å²) in [7, 11) is 1.96. The maximum absolute atomic E-state index is 11.3. The molecule has 0 saturated carbocycles. The van der Waals surface area contributed by atoms with Crippen molar-refractivity contribution in [1.82, 2.24) is 4.57 Å². The van der Waals surface area contributed by atoms with Gasteiger partial charge >= 0.3 is 0 Å². The highest BCUT2D eigenvalue weighted by molar-refractivity contribution is 5.99. The van der Waals surface area contributed by atoms with Gasteiger partial charge in [-0.25, -0.2) is 0 Å². The number of carbonyl (C=O) groups is 1. The van der Waals surface area contributed by atoms with Crippen molar-refractivity contribution in [2.45, 2.75) is 19.8 Å². The second-order valence-electron chi connectivity index (χ2n) is 3.14. The molecule has 0 aliphatic heterocycles. The number of Topliss-reactive ketones (excluding diaryl/α,β-unsaturated/α-hetero) is 1. The zero-order valence-corrected chi connectivity index (χ0v) is 6.85. The number of rotatable bonds is 0. The lowest BCUT2D eigenvalue weighted by atomic mass is 10.2. The monoisotopic (exact) mass is 149 g/mol. The average Bonchev–Trinajstić information content (AvgIpc) is 2.41. The molecule has 0 N–H and O–H groups in total. The van der Waals surface area contributed by atoms with Gasteiger partial charge in [-0.3, -0.25) is 4.79 Å². The molecule has 1 aliphatic carbocycles. The first-order chi connectivity index (χ1) is 5.20. The number of hydrogen-bond acceptors (Lipinski definition) is 1. The molecule has 2 heteroatoms. The molecule has 2 nitrogen and oxygen atoms in total. The van der Waals surface area contributed by atoms with Crippen LogP contribution in [0.25, 0.3) is 0 Å². The number of aromatic nitrogens is 1. The Labute approximate surface area is 65.8 Å². The number of carbonyl (C=O) groups excluding carboxylic acids is 1. The number of aryl methyl sites for hydroxylation is 2. The van der Waals surface area contributed by atoms with Crippen molar-refractivity contribution in [2.24, 2.45) is 7.05 Å². The molecular weight excluding hydrogens is 138 g/mol. The third kappa shape index (κ3) is 0.754. The van der Waals surface area contributed by atoms with E-state index in [0.717, 1.165) is 12.1 Å². The van der Waals surface area contributed by atoms with Crippen molar-refractivity contribution in [1.29, 1.82) is 0 Å². The fraction of sp³-hybridized carbons (Fsp3) is 0.444. The molecule has 1 aliphatic rings. The molecule has 0 spiro atoms. The Bertz CT molecular complexity index is 323. The minimum Gasteiger partial charge on any atom is -0.345 e. The second-order valence-corrected chi connectivity index (χ2v) is 3.14. The minimum atomic E-state index is 0.301. The molecule has 58 valence electrons. The van der Waals surface area contributed by atoms with Crippen LogP contribution < -0.4 is 0 Å². The lowest BCUT2D eigenvalue weighted by Gasteiger charge is -1.98. The SMILES string of the molecule is Cc1cc2c(n1C)C(=O)CC2. The average molecular weight is 149 g/mol. The first-order valence-corrected chi connectivity index (χ1v) is 3.88. The van der Waals surface area contributed by atoms with Crippen molar-refractivity contribution >= 4 is 5.78 Å². The van der Waals surface area contributed by atoms with Crippen LogP contribution in [0.15, 0.2) is 6.07 Å². The molecule has 0 fully saturated rings. The van der Waals surface area contributed by atoms with E-state index in [0.29, 0.717) is 12.2 Å². The maximum Gasteiger partial charge on any atom is 0.179 e. The molecule has 1 heterocycles. The quantitative estimate of drug-likeness (QED) is 0.547. The van der Waals surface area contributed by atoms with Crippen molar-refractivity contribution < 1.29 is 4.79 Å². The molecule has 0 amide bonds. The number of ketones is 1. The van der Waals surface area contributed by atoms with Crippen LogP contribution in [0.5, 0.6) is 0 Å². The van der Waals surface area contributed by atoms with E-state index < -0.39 is 0 Å². The van der Waals surface area contributed by atoms with Crippen molar-refractivity contribution in [3.8, 4) is 0 Å². The molecule has 11 heavy (non-hydrogen) atoms. The molecule has 0 atom stereocenters. The van der Waals surface area contributed by atoms with Crippen LogP contribution in [-0.2, 0) is 13.5 Å². The van der Waals surface area contributed by atoms with Crippen LogP contribution in [0, 0.1) is 6.92 Å². The number of fused-ring (bicyclic) bond motifs is 1. The van der Waals surface area contributed by atoms with E-state index in [1.54, 1.807) is 0 Å². The largest absolute Gasteiger partial charge is 0.345 e. The van der Waals surface area contributed by atoms with Crippen LogP contribution in [-0.4, -0.2) is 10.4 Å². The standard InChI is InChI=1S/C9H11NO/c1-6-5-7-3-4-8(11)9(7)10(6)2/h5H,3-4H2,1-2H3. The van der Waals surface area contributed by atoms with E-state index in [1.807, 2.05) is 18.5 Å². The van der Waals surface area contributed by atoms with Gasteiger partial charge in [-0.05, 0) is 25.0 Å². The van der Waals surface area contributed by atoms with Crippen molar-refractivity contribution in [3.63, 3.8) is 0 Å². The predicted octanol–water partition coefficient (Wildman–Crippen LogP) is 1.46. The highest BCUT2D eigenvalue weighted by Crippen LogP contribution is 2.24. The van der Waals surface area contributed by atoms with Gasteiger partial charge in [0.1, 0.15) is 0 Å². The van der Waals surface area contributed by atoms with Crippen LogP contribution in [0.3, 0.4) is 0 Å². The molecule has 1 aromatic rings. The Kier molecular flexibility index (Phi) is 1.19.